The molecule has 1 aromatic heterocycles. The van der Waals surface area contributed by atoms with E-state index in [1.165, 1.54) is 5.56 Å². The summed E-state index contributed by atoms with van der Waals surface area (Å²) < 4.78 is 0. The minimum absolute atomic E-state index is 0.790. The molecular weight excluding hydrogens is 278 g/mol. The molecule has 0 unspecified atom stereocenters. The van der Waals surface area contributed by atoms with Crippen LogP contribution in [0, 0.1) is 6.92 Å². The molecule has 0 aliphatic carbocycles. The number of hydrogen-bond acceptors (Lipinski definition) is 4. The Balaban J connectivity index is 1.68. The summed E-state index contributed by atoms with van der Waals surface area (Å²) in [6.07, 6.45) is 1.78. The molecular formula is C17H15N3S. The fourth-order valence-corrected chi connectivity index (χ4v) is 2.55. The summed E-state index contributed by atoms with van der Waals surface area (Å²) in [5.41, 5.74) is 7.37. The minimum Gasteiger partial charge on any atom is -0.253 e. The molecule has 4 heteroatoms. The molecule has 0 radical (unpaired) electrons. The summed E-state index contributed by atoms with van der Waals surface area (Å²) in [5, 5.41) is 7.03. The molecule has 104 valence electrons. The Morgan fingerprint density at radius 1 is 1.05 bits per heavy atom. The van der Waals surface area contributed by atoms with Gasteiger partial charge in [-0.15, -0.1) is 11.3 Å². The average molecular weight is 293 g/mol. The Kier molecular flexibility index (Phi) is 4.07. The summed E-state index contributed by atoms with van der Waals surface area (Å²) in [6, 6.07) is 18.3. The molecule has 0 bridgehead atoms. The van der Waals surface area contributed by atoms with Gasteiger partial charge in [0.15, 0.2) is 0 Å². The van der Waals surface area contributed by atoms with Crippen LogP contribution in [-0.4, -0.2) is 11.2 Å². The maximum absolute atomic E-state index is 4.54. The highest BCUT2D eigenvalue weighted by Gasteiger charge is 2.03. The van der Waals surface area contributed by atoms with Crippen LogP contribution in [-0.2, 0) is 0 Å². The lowest BCUT2D eigenvalue weighted by Crippen LogP contribution is -1.89. The van der Waals surface area contributed by atoms with E-state index in [2.05, 4.69) is 46.7 Å². The number of hydrazone groups is 1. The molecule has 0 spiro atoms. The maximum Gasteiger partial charge on any atom is 0.203 e. The number of thiazole rings is 1. The Morgan fingerprint density at radius 2 is 1.81 bits per heavy atom. The van der Waals surface area contributed by atoms with Crippen molar-refractivity contribution in [3.63, 3.8) is 0 Å². The topological polar surface area (TPSA) is 37.3 Å². The predicted octanol–water partition coefficient (Wildman–Crippen LogP) is 4.56. The fraction of sp³-hybridized carbons (Fsp3) is 0.0588. The van der Waals surface area contributed by atoms with Crippen molar-refractivity contribution in [2.24, 2.45) is 5.10 Å². The van der Waals surface area contributed by atoms with Gasteiger partial charge in [-0.2, -0.15) is 5.10 Å². The summed E-state index contributed by atoms with van der Waals surface area (Å²) in [7, 11) is 0. The van der Waals surface area contributed by atoms with E-state index in [1.54, 1.807) is 17.6 Å². The van der Waals surface area contributed by atoms with E-state index >= 15 is 0 Å². The van der Waals surface area contributed by atoms with Gasteiger partial charge in [0.25, 0.3) is 0 Å². The lowest BCUT2D eigenvalue weighted by Gasteiger charge is -1.97. The third-order valence-corrected chi connectivity index (χ3v) is 3.77. The van der Waals surface area contributed by atoms with Crippen LogP contribution in [0.25, 0.3) is 11.3 Å². The zero-order valence-electron chi connectivity index (χ0n) is 11.7. The Morgan fingerprint density at radius 3 is 2.57 bits per heavy atom. The molecule has 1 heterocycles. The van der Waals surface area contributed by atoms with E-state index < -0.39 is 0 Å². The summed E-state index contributed by atoms with van der Waals surface area (Å²) >= 11 is 1.55. The second-order valence-electron chi connectivity index (χ2n) is 4.68. The van der Waals surface area contributed by atoms with Crippen molar-refractivity contribution < 1.29 is 0 Å². The van der Waals surface area contributed by atoms with Crippen LogP contribution in [0.4, 0.5) is 5.13 Å². The SMILES string of the molecule is Cc1ccc(-c2csc(N/N=C\c3ccccc3)n2)cc1. The van der Waals surface area contributed by atoms with Crippen LogP contribution in [0.3, 0.4) is 0 Å². The minimum atomic E-state index is 0.790. The smallest absolute Gasteiger partial charge is 0.203 e. The van der Waals surface area contributed by atoms with Crippen molar-refractivity contribution in [3.05, 3.63) is 71.1 Å². The van der Waals surface area contributed by atoms with Crippen LogP contribution in [0.5, 0.6) is 0 Å². The van der Waals surface area contributed by atoms with Crippen molar-refractivity contribution in [2.45, 2.75) is 6.92 Å². The zero-order chi connectivity index (χ0) is 14.5. The zero-order valence-corrected chi connectivity index (χ0v) is 12.5. The number of benzene rings is 2. The first kappa shape index (κ1) is 13.5. The number of hydrogen-bond donors (Lipinski definition) is 1. The second kappa shape index (κ2) is 6.33. The number of nitrogens with zero attached hydrogens (tertiary/aromatic N) is 2. The average Bonchev–Trinajstić information content (AvgIpc) is 2.98. The van der Waals surface area contributed by atoms with E-state index in [-0.39, 0.29) is 0 Å². The van der Waals surface area contributed by atoms with Crippen LogP contribution in [0.15, 0.2) is 65.1 Å². The maximum atomic E-state index is 4.54. The van der Waals surface area contributed by atoms with E-state index in [4.69, 9.17) is 0 Å². The highest BCUT2D eigenvalue weighted by atomic mass is 32.1. The predicted molar refractivity (Wildman–Crippen MR) is 89.9 cm³/mol. The van der Waals surface area contributed by atoms with Gasteiger partial charge in [0.05, 0.1) is 11.9 Å². The van der Waals surface area contributed by atoms with Crippen molar-refractivity contribution in [1.82, 2.24) is 4.98 Å². The van der Waals surface area contributed by atoms with Crippen molar-refractivity contribution >= 4 is 22.7 Å². The van der Waals surface area contributed by atoms with E-state index in [9.17, 15) is 0 Å². The van der Waals surface area contributed by atoms with Gasteiger partial charge in [-0.25, -0.2) is 4.98 Å². The van der Waals surface area contributed by atoms with Crippen LogP contribution >= 0.6 is 11.3 Å². The highest BCUT2D eigenvalue weighted by Crippen LogP contribution is 2.24. The van der Waals surface area contributed by atoms with Crippen molar-refractivity contribution in [1.29, 1.82) is 0 Å². The molecule has 0 saturated carbocycles. The first-order valence-corrected chi connectivity index (χ1v) is 7.56. The summed E-state index contributed by atoms with van der Waals surface area (Å²) in [5.74, 6) is 0. The molecule has 3 nitrogen and oxygen atoms in total. The van der Waals surface area contributed by atoms with Gasteiger partial charge >= 0.3 is 0 Å². The third-order valence-electron chi connectivity index (χ3n) is 3.02. The largest absolute Gasteiger partial charge is 0.253 e. The van der Waals surface area contributed by atoms with Gasteiger partial charge < -0.3 is 0 Å². The molecule has 21 heavy (non-hydrogen) atoms. The van der Waals surface area contributed by atoms with E-state index in [0.29, 0.717) is 0 Å². The molecule has 0 atom stereocenters. The first-order chi connectivity index (χ1) is 10.3. The summed E-state index contributed by atoms with van der Waals surface area (Å²) in [6.45, 7) is 2.08. The van der Waals surface area contributed by atoms with Crippen LogP contribution in [0.2, 0.25) is 0 Å². The number of nitrogens with one attached hydrogen (secondary N) is 1. The standard InChI is InChI=1S/C17H15N3S/c1-13-7-9-15(10-8-13)16-12-21-17(19-16)20-18-11-14-5-3-2-4-6-14/h2-12H,1H3,(H,19,20)/b18-11-. The molecule has 2 aromatic carbocycles. The Bertz CT molecular complexity index is 730. The van der Waals surface area contributed by atoms with E-state index in [1.807, 2.05) is 35.7 Å². The Labute approximate surface area is 128 Å². The van der Waals surface area contributed by atoms with Crippen molar-refractivity contribution in [3.8, 4) is 11.3 Å². The molecule has 1 N–H and O–H groups in total. The lowest BCUT2D eigenvalue weighted by molar-refractivity contribution is 1.29. The highest BCUT2D eigenvalue weighted by molar-refractivity contribution is 7.14. The van der Waals surface area contributed by atoms with Gasteiger partial charge in [0.1, 0.15) is 0 Å². The number of aromatic nitrogens is 1. The Hall–Kier alpha value is -2.46. The number of rotatable bonds is 4. The van der Waals surface area contributed by atoms with Crippen LogP contribution < -0.4 is 5.43 Å². The molecule has 0 aliphatic heterocycles. The van der Waals surface area contributed by atoms with Crippen molar-refractivity contribution in [2.75, 3.05) is 5.43 Å². The molecule has 3 aromatic rings. The van der Waals surface area contributed by atoms with Gasteiger partial charge in [0.2, 0.25) is 5.13 Å². The third kappa shape index (κ3) is 3.55. The van der Waals surface area contributed by atoms with Gasteiger partial charge in [-0.1, -0.05) is 60.2 Å². The molecule has 0 amide bonds. The summed E-state index contributed by atoms with van der Waals surface area (Å²) in [4.78, 5) is 4.54. The number of anilines is 1. The monoisotopic (exact) mass is 293 g/mol. The van der Waals surface area contributed by atoms with E-state index in [0.717, 1.165) is 22.0 Å². The first-order valence-electron chi connectivity index (χ1n) is 6.68. The molecule has 0 saturated heterocycles. The van der Waals surface area contributed by atoms with Gasteiger partial charge in [-0.3, -0.25) is 5.43 Å². The van der Waals surface area contributed by atoms with Crippen LogP contribution in [0.1, 0.15) is 11.1 Å². The molecule has 0 aliphatic rings. The lowest BCUT2D eigenvalue weighted by atomic mass is 10.1. The number of aryl methyl sites for hydroxylation is 1. The quantitative estimate of drug-likeness (QED) is 0.565. The van der Waals surface area contributed by atoms with Gasteiger partial charge in [-0.05, 0) is 12.5 Å². The van der Waals surface area contributed by atoms with Gasteiger partial charge in [0, 0.05) is 10.9 Å². The second-order valence-corrected chi connectivity index (χ2v) is 5.54. The normalized spacial score (nSPS) is 10.9. The fourth-order valence-electron chi connectivity index (χ4n) is 1.88. The molecule has 3 rings (SSSR count). The molecule has 0 fully saturated rings.